The third-order valence-electron chi connectivity index (χ3n) is 5.84. The first kappa shape index (κ1) is 21.4. The summed E-state index contributed by atoms with van der Waals surface area (Å²) in [5.74, 6) is -0.900. The van der Waals surface area contributed by atoms with E-state index < -0.39 is 10.0 Å². The Balaban J connectivity index is 1.56. The molecule has 0 bridgehead atoms. The normalized spacial score (nSPS) is 18.5. The average Bonchev–Trinajstić information content (AvgIpc) is 3.24. The summed E-state index contributed by atoms with van der Waals surface area (Å²) in [5.41, 5.74) is 1.99. The minimum Gasteiger partial charge on any atom is -0.466 e. The Morgan fingerprint density at radius 3 is 2.71 bits per heavy atom. The van der Waals surface area contributed by atoms with Crippen molar-refractivity contribution in [3.05, 3.63) is 59.7 Å². The van der Waals surface area contributed by atoms with Gasteiger partial charge in [-0.05, 0) is 56.0 Å². The topological polar surface area (TPSA) is 84.0 Å². The first-order valence-corrected chi connectivity index (χ1v) is 12.0. The summed E-state index contributed by atoms with van der Waals surface area (Å²) in [6, 6.07) is 13.6. The van der Waals surface area contributed by atoms with Crippen molar-refractivity contribution in [2.24, 2.45) is 5.92 Å². The number of likely N-dealkylation sites (tertiary alicyclic amines) is 1. The molecule has 2 aliphatic heterocycles. The molecule has 1 atom stereocenters. The van der Waals surface area contributed by atoms with Crippen LogP contribution in [0.2, 0.25) is 0 Å². The molecule has 0 N–H and O–H groups in total. The predicted octanol–water partition coefficient (Wildman–Crippen LogP) is 2.85. The van der Waals surface area contributed by atoms with Crippen molar-refractivity contribution >= 4 is 27.6 Å². The lowest BCUT2D eigenvalue weighted by Gasteiger charge is -2.31. The van der Waals surface area contributed by atoms with E-state index in [-0.39, 0.29) is 29.2 Å². The van der Waals surface area contributed by atoms with Crippen LogP contribution < -0.4 is 4.31 Å². The lowest BCUT2D eigenvalue weighted by Crippen LogP contribution is -2.42. The van der Waals surface area contributed by atoms with Gasteiger partial charge >= 0.3 is 5.97 Å². The van der Waals surface area contributed by atoms with Crippen molar-refractivity contribution in [2.75, 3.05) is 30.5 Å². The van der Waals surface area contributed by atoms with Gasteiger partial charge in [0.2, 0.25) is 0 Å². The fourth-order valence-corrected chi connectivity index (χ4v) is 5.82. The zero-order valence-electron chi connectivity index (χ0n) is 17.5. The smallest absolute Gasteiger partial charge is 0.310 e. The third kappa shape index (κ3) is 4.17. The Hall–Kier alpha value is -2.87. The molecule has 2 aromatic carbocycles. The van der Waals surface area contributed by atoms with Crippen LogP contribution in [0.25, 0.3) is 0 Å². The number of ether oxygens (including phenoxy) is 1. The van der Waals surface area contributed by atoms with E-state index in [1.54, 1.807) is 30.0 Å². The summed E-state index contributed by atoms with van der Waals surface area (Å²) in [5, 5.41) is 0. The summed E-state index contributed by atoms with van der Waals surface area (Å²) in [7, 11) is -3.78. The minimum absolute atomic E-state index is 0.0917. The molecule has 164 valence electrons. The molecule has 31 heavy (non-hydrogen) atoms. The second-order valence-corrected chi connectivity index (χ2v) is 9.69. The van der Waals surface area contributed by atoms with Crippen LogP contribution in [0, 0.1) is 5.92 Å². The molecule has 0 aliphatic carbocycles. The molecule has 1 fully saturated rings. The van der Waals surface area contributed by atoms with Gasteiger partial charge in [0.1, 0.15) is 0 Å². The number of para-hydroxylation sites is 1. The Labute approximate surface area is 182 Å². The van der Waals surface area contributed by atoms with E-state index in [0.29, 0.717) is 50.2 Å². The maximum Gasteiger partial charge on any atom is 0.310 e. The van der Waals surface area contributed by atoms with E-state index in [9.17, 15) is 18.0 Å². The molecule has 0 spiro atoms. The number of rotatable bonds is 5. The van der Waals surface area contributed by atoms with Crippen LogP contribution in [-0.4, -0.2) is 51.4 Å². The largest absolute Gasteiger partial charge is 0.466 e. The Kier molecular flexibility index (Phi) is 6.00. The first-order chi connectivity index (χ1) is 14.9. The van der Waals surface area contributed by atoms with Crippen molar-refractivity contribution in [1.29, 1.82) is 0 Å². The van der Waals surface area contributed by atoms with Gasteiger partial charge in [-0.25, -0.2) is 8.42 Å². The molecule has 2 aliphatic rings. The van der Waals surface area contributed by atoms with E-state index in [4.69, 9.17) is 4.74 Å². The molecule has 1 amide bonds. The lowest BCUT2D eigenvalue weighted by atomic mass is 9.97. The fourth-order valence-electron chi connectivity index (χ4n) is 4.27. The Morgan fingerprint density at radius 1 is 1.10 bits per heavy atom. The van der Waals surface area contributed by atoms with Gasteiger partial charge in [-0.3, -0.25) is 13.9 Å². The van der Waals surface area contributed by atoms with Crippen LogP contribution in [-0.2, 0) is 26.0 Å². The highest BCUT2D eigenvalue weighted by molar-refractivity contribution is 7.92. The molecule has 1 saturated heterocycles. The van der Waals surface area contributed by atoms with Crippen LogP contribution >= 0.6 is 0 Å². The van der Waals surface area contributed by atoms with Gasteiger partial charge in [0, 0.05) is 25.2 Å². The second kappa shape index (κ2) is 8.70. The number of piperidine rings is 1. The van der Waals surface area contributed by atoms with Gasteiger partial charge < -0.3 is 9.64 Å². The molecule has 0 aromatic heterocycles. The van der Waals surface area contributed by atoms with E-state index in [2.05, 4.69) is 0 Å². The zero-order chi connectivity index (χ0) is 22.0. The van der Waals surface area contributed by atoms with Gasteiger partial charge in [-0.2, -0.15) is 0 Å². The number of amides is 1. The molecule has 4 rings (SSSR count). The van der Waals surface area contributed by atoms with Crippen LogP contribution in [0.4, 0.5) is 5.69 Å². The summed E-state index contributed by atoms with van der Waals surface area (Å²) in [6.45, 7) is 3.27. The second-order valence-electron chi connectivity index (χ2n) is 7.83. The maximum atomic E-state index is 13.3. The highest BCUT2D eigenvalue weighted by Gasteiger charge is 2.33. The van der Waals surface area contributed by atoms with Gasteiger partial charge in [0.05, 0.1) is 23.1 Å². The van der Waals surface area contributed by atoms with Crippen molar-refractivity contribution in [1.82, 2.24) is 4.90 Å². The van der Waals surface area contributed by atoms with Crippen molar-refractivity contribution in [3.8, 4) is 0 Å². The van der Waals surface area contributed by atoms with Crippen molar-refractivity contribution in [3.63, 3.8) is 0 Å². The summed E-state index contributed by atoms with van der Waals surface area (Å²) >= 11 is 0. The van der Waals surface area contributed by atoms with Gasteiger partial charge in [0.15, 0.2) is 0 Å². The monoisotopic (exact) mass is 442 g/mol. The molecule has 0 saturated carbocycles. The van der Waals surface area contributed by atoms with Crippen molar-refractivity contribution < 1.29 is 22.7 Å². The van der Waals surface area contributed by atoms with Gasteiger partial charge in [0.25, 0.3) is 15.9 Å². The number of anilines is 1. The predicted molar refractivity (Wildman–Crippen MR) is 116 cm³/mol. The third-order valence-corrected chi connectivity index (χ3v) is 7.65. The highest BCUT2D eigenvalue weighted by atomic mass is 32.2. The maximum absolute atomic E-state index is 13.3. The molecular weight excluding hydrogens is 416 g/mol. The molecule has 2 aromatic rings. The van der Waals surface area contributed by atoms with E-state index in [0.717, 1.165) is 5.56 Å². The number of hydrogen-bond donors (Lipinski definition) is 0. The summed E-state index contributed by atoms with van der Waals surface area (Å²) in [6.07, 6.45) is 2.06. The lowest BCUT2D eigenvalue weighted by molar-refractivity contribution is -0.149. The molecule has 2 heterocycles. The van der Waals surface area contributed by atoms with Crippen LogP contribution in [0.1, 0.15) is 35.7 Å². The SMILES string of the molecule is CCOC(=O)C1CCCN(C(=O)c2cccc(S(=O)(=O)N3CCc4ccccc43)c2)C1. The number of benzene rings is 2. The number of sulfonamides is 1. The number of carbonyl (C=O) groups excluding carboxylic acids is 2. The minimum atomic E-state index is -3.78. The fraction of sp³-hybridized carbons (Fsp3) is 0.391. The number of fused-ring (bicyclic) bond motifs is 1. The molecule has 7 nitrogen and oxygen atoms in total. The number of carbonyl (C=O) groups is 2. The van der Waals surface area contributed by atoms with Gasteiger partial charge in [-0.15, -0.1) is 0 Å². The average molecular weight is 443 g/mol. The summed E-state index contributed by atoms with van der Waals surface area (Å²) in [4.78, 5) is 26.9. The molecule has 0 radical (unpaired) electrons. The Bertz CT molecular complexity index is 1100. The van der Waals surface area contributed by atoms with Crippen molar-refractivity contribution in [2.45, 2.75) is 31.1 Å². The molecular formula is C23H26N2O5S. The van der Waals surface area contributed by atoms with Crippen LogP contribution in [0.3, 0.4) is 0 Å². The first-order valence-electron chi connectivity index (χ1n) is 10.6. The van der Waals surface area contributed by atoms with Crippen LogP contribution in [0.5, 0.6) is 0 Å². The molecule has 1 unspecified atom stereocenters. The highest BCUT2D eigenvalue weighted by Crippen LogP contribution is 2.33. The van der Waals surface area contributed by atoms with E-state index >= 15 is 0 Å². The van der Waals surface area contributed by atoms with Gasteiger partial charge in [-0.1, -0.05) is 24.3 Å². The van der Waals surface area contributed by atoms with E-state index in [1.165, 1.54) is 16.4 Å². The number of esters is 1. The standard InChI is InChI=1S/C23H26N2O5S/c1-2-30-23(27)19-9-6-13-24(16-19)22(26)18-8-5-10-20(15-18)31(28,29)25-14-12-17-7-3-4-11-21(17)25/h3-5,7-8,10-11,15,19H,2,6,9,12-14,16H2,1H3. The quantitative estimate of drug-likeness (QED) is 0.665. The van der Waals surface area contributed by atoms with Crippen LogP contribution in [0.15, 0.2) is 53.4 Å². The number of nitrogens with zero attached hydrogens (tertiary/aromatic N) is 2. The van der Waals surface area contributed by atoms with E-state index in [1.807, 2.05) is 18.2 Å². The molecule has 8 heteroatoms. The number of hydrogen-bond acceptors (Lipinski definition) is 5. The summed E-state index contributed by atoms with van der Waals surface area (Å²) < 4.78 is 33.1. The Morgan fingerprint density at radius 2 is 1.90 bits per heavy atom. The zero-order valence-corrected chi connectivity index (χ0v) is 18.3.